The van der Waals surface area contributed by atoms with E-state index in [9.17, 15) is 4.39 Å². The normalized spacial score (nSPS) is 10.0. The maximum absolute atomic E-state index is 13.1. The molecule has 0 atom stereocenters. The molecule has 6 heteroatoms. The van der Waals surface area contributed by atoms with E-state index < -0.39 is 0 Å². The molecule has 0 fully saturated rings. The first-order valence-electron chi connectivity index (χ1n) is 3.42. The van der Waals surface area contributed by atoms with Crippen LogP contribution in [-0.4, -0.2) is 8.75 Å². The Morgan fingerprint density at radius 2 is 2.15 bits per heavy atom. The van der Waals surface area contributed by atoms with E-state index in [4.69, 9.17) is 5.73 Å². The van der Waals surface area contributed by atoms with Crippen molar-refractivity contribution >= 4 is 35.2 Å². The van der Waals surface area contributed by atoms with Gasteiger partial charge in [-0.1, -0.05) is 0 Å². The largest absolute Gasteiger partial charge is 0.326 e. The van der Waals surface area contributed by atoms with Crippen molar-refractivity contribution in [2.75, 3.05) is 0 Å². The highest BCUT2D eigenvalue weighted by molar-refractivity contribution is 7.00. The Hall–Kier alpha value is -0.780. The quantitative estimate of drug-likeness (QED) is 0.795. The minimum atomic E-state index is -0.308. The fraction of sp³-hybridized carbons (Fsp3) is 0.143. The number of nitrogens with zero attached hydrogens (tertiary/aromatic N) is 2. The van der Waals surface area contributed by atoms with Crippen LogP contribution in [0.3, 0.4) is 0 Å². The lowest BCUT2D eigenvalue weighted by Crippen LogP contribution is -2.00. The van der Waals surface area contributed by atoms with E-state index in [-0.39, 0.29) is 24.8 Å². The zero-order valence-corrected chi connectivity index (χ0v) is 8.16. The van der Waals surface area contributed by atoms with Crippen LogP contribution in [0.15, 0.2) is 12.1 Å². The second-order valence-corrected chi connectivity index (χ2v) is 2.89. The van der Waals surface area contributed by atoms with E-state index in [1.807, 2.05) is 0 Å². The van der Waals surface area contributed by atoms with Gasteiger partial charge in [0.2, 0.25) is 0 Å². The Bertz CT molecular complexity index is 417. The Labute approximate surface area is 84.5 Å². The summed E-state index contributed by atoms with van der Waals surface area (Å²) in [4.78, 5) is 0. The van der Waals surface area contributed by atoms with Crippen LogP contribution in [0.2, 0.25) is 0 Å². The van der Waals surface area contributed by atoms with Crippen molar-refractivity contribution in [1.82, 2.24) is 8.75 Å². The van der Waals surface area contributed by atoms with Crippen LogP contribution >= 0.6 is 24.1 Å². The van der Waals surface area contributed by atoms with Gasteiger partial charge in [0.05, 0.1) is 11.7 Å². The number of halogens is 2. The SMILES string of the molecule is Cl.NCc1c(F)ccc2nsnc12. The molecule has 1 aromatic carbocycles. The molecule has 0 aliphatic carbocycles. The molecule has 1 heterocycles. The molecule has 0 amide bonds. The summed E-state index contributed by atoms with van der Waals surface area (Å²) < 4.78 is 21.0. The molecule has 0 aliphatic rings. The van der Waals surface area contributed by atoms with Gasteiger partial charge >= 0.3 is 0 Å². The minimum Gasteiger partial charge on any atom is -0.326 e. The number of hydrogen-bond acceptors (Lipinski definition) is 4. The molecule has 1 aromatic heterocycles. The molecule has 2 N–H and O–H groups in total. The average Bonchev–Trinajstić information content (AvgIpc) is 2.52. The maximum Gasteiger partial charge on any atom is 0.130 e. The number of fused-ring (bicyclic) bond motifs is 1. The summed E-state index contributed by atoms with van der Waals surface area (Å²) in [6.07, 6.45) is 0. The van der Waals surface area contributed by atoms with Gasteiger partial charge in [-0.05, 0) is 12.1 Å². The molecule has 3 nitrogen and oxygen atoms in total. The number of aromatic nitrogens is 2. The lowest BCUT2D eigenvalue weighted by Gasteiger charge is -1.97. The minimum absolute atomic E-state index is 0. The molecule has 2 aromatic rings. The fourth-order valence-electron chi connectivity index (χ4n) is 1.07. The van der Waals surface area contributed by atoms with E-state index in [0.717, 1.165) is 11.7 Å². The molecular formula is C7H7ClFN3S. The summed E-state index contributed by atoms with van der Waals surface area (Å²) in [7, 11) is 0. The van der Waals surface area contributed by atoms with Crippen molar-refractivity contribution < 1.29 is 4.39 Å². The van der Waals surface area contributed by atoms with Gasteiger partial charge in [-0.25, -0.2) is 4.39 Å². The number of benzene rings is 1. The topological polar surface area (TPSA) is 51.8 Å². The third kappa shape index (κ3) is 1.63. The van der Waals surface area contributed by atoms with Gasteiger partial charge in [-0.2, -0.15) is 8.75 Å². The molecule has 2 rings (SSSR count). The van der Waals surface area contributed by atoms with Gasteiger partial charge in [0, 0.05) is 12.1 Å². The van der Waals surface area contributed by atoms with E-state index in [2.05, 4.69) is 8.75 Å². The highest BCUT2D eigenvalue weighted by atomic mass is 35.5. The van der Waals surface area contributed by atoms with Gasteiger partial charge < -0.3 is 5.73 Å². The smallest absolute Gasteiger partial charge is 0.130 e. The summed E-state index contributed by atoms with van der Waals surface area (Å²) in [6.45, 7) is 0.161. The Kier molecular flexibility index (Phi) is 3.13. The number of rotatable bonds is 1. The van der Waals surface area contributed by atoms with Crippen LogP contribution in [0.4, 0.5) is 4.39 Å². The van der Waals surface area contributed by atoms with Gasteiger partial charge in [-0.3, -0.25) is 0 Å². The van der Waals surface area contributed by atoms with Crippen molar-refractivity contribution in [2.45, 2.75) is 6.54 Å². The van der Waals surface area contributed by atoms with Crippen LogP contribution in [0.25, 0.3) is 11.0 Å². The van der Waals surface area contributed by atoms with E-state index in [1.54, 1.807) is 6.07 Å². The van der Waals surface area contributed by atoms with Crippen molar-refractivity contribution in [1.29, 1.82) is 0 Å². The standard InChI is InChI=1S/C7H6FN3S.ClH/c8-5-1-2-6-7(4(5)3-9)11-12-10-6;/h1-2H,3,9H2;1H. The predicted molar refractivity (Wildman–Crippen MR) is 52.5 cm³/mol. The van der Waals surface area contributed by atoms with Crippen LogP contribution in [-0.2, 0) is 6.54 Å². The lowest BCUT2D eigenvalue weighted by molar-refractivity contribution is 0.613. The van der Waals surface area contributed by atoms with Gasteiger partial charge in [0.1, 0.15) is 16.9 Å². The fourth-order valence-corrected chi connectivity index (χ4v) is 1.64. The van der Waals surface area contributed by atoms with Crippen LogP contribution in [0.1, 0.15) is 5.56 Å². The first-order valence-corrected chi connectivity index (χ1v) is 4.15. The van der Waals surface area contributed by atoms with Crippen molar-refractivity contribution in [2.24, 2.45) is 5.73 Å². The first kappa shape index (κ1) is 10.3. The summed E-state index contributed by atoms with van der Waals surface area (Å²) in [6, 6.07) is 2.97. The molecule has 0 saturated carbocycles. The molecule has 70 valence electrons. The first-order chi connectivity index (χ1) is 5.83. The lowest BCUT2D eigenvalue weighted by atomic mass is 10.2. The van der Waals surface area contributed by atoms with E-state index >= 15 is 0 Å². The molecule has 0 spiro atoms. The highest BCUT2D eigenvalue weighted by Crippen LogP contribution is 2.18. The number of nitrogens with two attached hydrogens (primary N) is 1. The molecular weight excluding hydrogens is 213 g/mol. The van der Waals surface area contributed by atoms with Crippen LogP contribution < -0.4 is 5.73 Å². The molecule has 0 unspecified atom stereocenters. The summed E-state index contributed by atoms with van der Waals surface area (Å²) in [5, 5.41) is 0. The summed E-state index contributed by atoms with van der Waals surface area (Å²) in [5.74, 6) is -0.308. The third-order valence-electron chi connectivity index (χ3n) is 1.68. The number of hydrogen-bond donors (Lipinski definition) is 1. The van der Waals surface area contributed by atoms with E-state index in [1.165, 1.54) is 6.07 Å². The maximum atomic E-state index is 13.1. The van der Waals surface area contributed by atoms with Gasteiger partial charge in [0.25, 0.3) is 0 Å². The van der Waals surface area contributed by atoms with Gasteiger partial charge in [-0.15, -0.1) is 12.4 Å². The van der Waals surface area contributed by atoms with Crippen molar-refractivity contribution in [3.63, 3.8) is 0 Å². The van der Waals surface area contributed by atoms with E-state index in [0.29, 0.717) is 16.6 Å². The summed E-state index contributed by atoms with van der Waals surface area (Å²) in [5.41, 5.74) is 7.11. The third-order valence-corrected chi connectivity index (χ3v) is 2.22. The Morgan fingerprint density at radius 1 is 1.38 bits per heavy atom. The molecule has 0 aliphatic heterocycles. The summed E-state index contributed by atoms with van der Waals surface area (Å²) >= 11 is 1.07. The Morgan fingerprint density at radius 3 is 2.85 bits per heavy atom. The van der Waals surface area contributed by atoms with Crippen LogP contribution in [0, 0.1) is 5.82 Å². The zero-order chi connectivity index (χ0) is 8.55. The monoisotopic (exact) mass is 219 g/mol. The second-order valence-electron chi connectivity index (χ2n) is 2.36. The van der Waals surface area contributed by atoms with Crippen molar-refractivity contribution in [3.8, 4) is 0 Å². The van der Waals surface area contributed by atoms with Crippen LogP contribution in [0.5, 0.6) is 0 Å². The second kappa shape index (κ2) is 3.95. The van der Waals surface area contributed by atoms with Crippen molar-refractivity contribution in [3.05, 3.63) is 23.5 Å². The zero-order valence-electron chi connectivity index (χ0n) is 6.53. The average molecular weight is 220 g/mol. The predicted octanol–water partition coefficient (Wildman–Crippen LogP) is 1.71. The molecule has 0 bridgehead atoms. The molecule has 13 heavy (non-hydrogen) atoms. The Balaban J connectivity index is 0.000000845. The molecule has 0 saturated heterocycles. The highest BCUT2D eigenvalue weighted by Gasteiger charge is 2.08. The molecule has 0 radical (unpaired) electrons. The van der Waals surface area contributed by atoms with Gasteiger partial charge in [0.15, 0.2) is 0 Å².